The van der Waals surface area contributed by atoms with Gasteiger partial charge in [0.15, 0.2) is 9.84 Å². The lowest BCUT2D eigenvalue weighted by atomic mass is 10.2. The molecular weight excluding hydrogens is 261 g/mol. The van der Waals surface area contributed by atoms with Crippen LogP contribution >= 0.6 is 11.8 Å². The number of benzene rings is 1. The van der Waals surface area contributed by atoms with Crippen LogP contribution in [-0.2, 0) is 9.84 Å². The maximum absolute atomic E-state index is 13.7. The highest BCUT2D eigenvalue weighted by atomic mass is 32.2. The van der Waals surface area contributed by atoms with Crippen molar-refractivity contribution in [2.45, 2.75) is 9.79 Å². The summed E-state index contributed by atoms with van der Waals surface area (Å²) in [7, 11) is -3.44. The third kappa shape index (κ3) is 3.55. The summed E-state index contributed by atoms with van der Waals surface area (Å²) in [6.45, 7) is 0.320. The molecule has 0 atom stereocenters. The minimum Gasteiger partial charge on any atom is -0.327 e. The molecule has 1 aromatic rings. The molecule has 0 fully saturated rings. The number of hydrogen-bond donors (Lipinski definition) is 1. The fraction of sp³-hybridized carbons (Fsp3) is 0.273. The van der Waals surface area contributed by atoms with Crippen LogP contribution in [-0.4, -0.2) is 27.5 Å². The Kier molecular flexibility index (Phi) is 4.73. The molecule has 3 nitrogen and oxygen atoms in total. The van der Waals surface area contributed by atoms with Gasteiger partial charge < -0.3 is 5.73 Å². The third-order valence-electron chi connectivity index (χ3n) is 2.08. The van der Waals surface area contributed by atoms with Crippen molar-refractivity contribution in [1.29, 1.82) is 0 Å². The highest BCUT2D eigenvalue weighted by Gasteiger charge is 2.17. The first-order valence-corrected chi connectivity index (χ1v) is 7.96. The molecule has 0 aliphatic heterocycles. The quantitative estimate of drug-likeness (QED) is 0.853. The highest BCUT2D eigenvalue weighted by molar-refractivity contribution is 7.99. The summed E-state index contributed by atoms with van der Waals surface area (Å²) in [6.07, 6.45) is 5.95. The zero-order valence-electron chi connectivity index (χ0n) is 9.60. The van der Waals surface area contributed by atoms with E-state index in [9.17, 15) is 12.8 Å². The number of rotatable bonds is 4. The zero-order chi connectivity index (χ0) is 13.1. The molecule has 94 valence electrons. The molecular formula is C11H14FNO2S2. The predicted octanol–water partition coefficient (Wildman–Crippen LogP) is 1.92. The first-order chi connectivity index (χ1) is 7.90. The number of halogens is 1. The lowest BCUT2D eigenvalue weighted by Crippen LogP contribution is -2.02. The minimum atomic E-state index is -3.44. The molecule has 0 aliphatic rings. The molecule has 17 heavy (non-hydrogen) atoms. The summed E-state index contributed by atoms with van der Waals surface area (Å²) in [4.78, 5) is 0.166. The van der Waals surface area contributed by atoms with Crippen molar-refractivity contribution < 1.29 is 12.8 Å². The van der Waals surface area contributed by atoms with Crippen molar-refractivity contribution in [1.82, 2.24) is 0 Å². The summed E-state index contributed by atoms with van der Waals surface area (Å²) in [5, 5.41) is 0. The molecule has 0 saturated heterocycles. The molecule has 0 aromatic heterocycles. The van der Waals surface area contributed by atoms with Gasteiger partial charge in [-0.2, -0.15) is 0 Å². The lowest BCUT2D eigenvalue weighted by molar-refractivity contribution is 0.577. The normalized spacial score (nSPS) is 12.2. The van der Waals surface area contributed by atoms with E-state index in [2.05, 4.69) is 0 Å². The molecule has 0 bridgehead atoms. The smallest absolute Gasteiger partial charge is 0.176 e. The Labute approximate surface area is 105 Å². The maximum atomic E-state index is 13.7. The van der Waals surface area contributed by atoms with Gasteiger partial charge >= 0.3 is 0 Å². The molecule has 0 saturated carbocycles. The fourth-order valence-electron chi connectivity index (χ4n) is 1.36. The second-order valence-electron chi connectivity index (χ2n) is 3.44. The van der Waals surface area contributed by atoms with Gasteiger partial charge in [0.2, 0.25) is 0 Å². The SMILES string of the molecule is CSc1c(F)cc(/C=C/CN)cc1S(C)(=O)=O. The summed E-state index contributed by atoms with van der Waals surface area (Å²) < 4.78 is 36.8. The van der Waals surface area contributed by atoms with E-state index in [-0.39, 0.29) is 9.79 Å². The number of thioether (sulfide) groups is 1. The van der Waals surface area contributed by atoms with Crippen molar-refractivity contribution in [3.8, 4) is 0 Å². The second kappa shape index (κ2) is 5.66. The van der Waals surface area contributed by atoms with Crippen LogP contribution in [0, 0.1) is 5.82 Å². The van der Waals surface area contributed by atoms with Crippen LogP contribution in [0.4, 0.5) is 4.39 Å². The van der Waals surface area contributed by atoms with E-state index >= 15 is 0 Å². The van der Waals surface area contributed by atoms with E-state index in [0.717, 1.165) is 18.0 Å². The Morgan fingerprint density at radius 2 is 2.12 bits per heavy atom. The number of nitrogens with two attached hydrogens (primary N) is 1. The van der Waals surface area contributed by atoms with Crippen LogP contribution in [0.15, 0.2) is 28.0 Å². The van der Waals surface area contributed by atoms with E-state index in [0.29, 0.717) is 12.1 Å². The van der Waals surface area contributed by atoms with Crippen molar-refractivity contribution >= 4 is 27.7 Å². The molecule has 1 rings (SSSR count). The van der Waals surface area contributed by atoms with E-state index in [1.807, 2.05) is 0 Å². The minimum absolute atomic E-state index is 0.0154. The van der Waals surface area contributed by atoms with E-state index in [1.165, 1.54) is 12.1 Å². The maximum Gasteiger partial charge on any atom is 0.176 e. The Morgan fingerprint density at radius 3 is 2.59 bits per heavy atom. The number of sulfone groups is 1. The molecule has 0 amide bonds. The molecule has 6 heteroatoms. The molecule has 0 unspecified atom stereocenters. The average Bonchev–Trinajstić information content (AvgIpc) is 2.24. The van der Waals surface area contributed by atoms with E-state index in [4.69, 9.17) is 5.73 Å². The Morgan fingerprint density at radius 1 is 1.47 bits per heavy atom. The standard InChI is InChI=1S/C11H14FNO2S2/c1-16-11-9(12)6-8(4-3-5-13)7-10(11)17(2,14)15/h3-4,6-7H,5,13H2,1-2H3/b4-3+. The summed E-state index contributed by atoms with van der Waals surface area (Å²) >= 11 is 1.08. The van der Waals surface area contributed by atoms with Crippen LogP contribution in [0.5, 0.6) is 0 Å². The van der Waals surface area contributed by atoms with Crippen LogP contribution in [0.3, 0.4) is 0 Å². The van der Waals surface area contributed by atoms with Crippen molar-refractivity contribution in [3.63, 3.8) is 0 Å². The van der Waals surface area contributed by atoms with Crippen molar-refractivity contribution in [2.75, 3.05) is 19.1 Å². The molecule has 1 aromatic carbocycles. The van der Waals surface area contributed by atoms with E-state index in [1.54, 1.807) is 18.4 Å². The topological polar surface area (TPSA) is 60.2 Å². The highest BCUT2D eigenvalue weighted by Crippen LogP contribution is 2.29. The molecule has 2 N–H and O–H groups in total. The zero-order valence-corrected chi connectivity index (χ0v) is 11.2. The Bertz CT molecular complexity index is 539. The average molecular weight is 275 g/mol. The molecule has 0 heterocycles. The predicted molar refractivity (Wildman–Crippen MR) is 69.4 cm³/mol. The first kappa shape index (κ1) is 14.2. The molecule has 0 spiro atoms. The molecule has 0 aliphatic carbocycles. The van der Waals surface area contributed by atoms with Crippen LogP contribution in [0.1, 0.15) is 5.56 Å². The van der Waals surface area contributed by atoms with Gasteiger partial charge in [0.1, 0.15) is 5.82 Å². The largest absolute Gasteiger partial charge is 0.327 e. The summed E-state index contributed by atoms with van der Waals surface area (Å²) in [5.74, 6) is -0.530. The fourth-order valence-corrected chi connectivity index (χ4v) is 3.36. The van der Waals surface area contributed by atoms with Gasteiger partial charge in [-0.1, -0.05) is 12.2 Å². The Hall–Kier alpha value is -0.850. The Balaban J connectivity index is 3.45. The van der Waals surface area contributed by atoms with Crippen LogP contribution in [0.2, 0.25) is 0 Å². The lowest BCUT2D eigenvalue weighted by Gasteiger charge is -2.08. The van der Waals surface area contributed by atoms with Crippen LogP contribution in [0.25, 0.3) is 6.08 Å². The van der Waals surface area contributed by atoms with Gasteiger partial charge in [-0.3, -0.25) is 0 Å². The number of hydrogen-bond acceptors (Lipinski definition) is 4. The van der Waals surface area contributed by atoms with Gasteiger partial charge in [-0.25, -0.2) is 12.8 Å². The van der Waals surface area contributed by atoms with Crippen LogP contribution < -0.4 is 5.73 Å². The van der Waals surface area contributed by atoms with E-state index < -0.39 is 15.7 Å². The van der Waals surface area contributed by atoms with Gasteiger partial charge in [0, 0.05) is 12.8 Å². The van der Waals surface area contributed by atoms with Gasteiger partial charge in [-0.05, 0) is 24.0 Å². The second-order valence-corrected chi connectivity index (χ2v) is 6.25. The first-order valence-electron chi connectivity index (χ1n) is 4.84. The summed E-state index contributed by atoms with van der Waals surface area (Å²) in [5.41, 5.74) is 5.78. The monoisotopic (exact) mass is 275 g/mol. The van der Waals surface area contributed by atoms with Gasteiger partial charge in [0.05, 0.1) is 9.79 Å². The van der Waals surface area contributed by atoms with Gasteiger partial charge in [-0.15, -0.1) is 11.8 Å². The molecule has 0 radical (unpaired) electrons. The summed E-state index contributed by atoms with van der Waals surface area (Å²) in [6, 6.07) is 2.75. The van der Waals surface area contributed by atoms with Crippen molar-refractivity contribution in [3.05, 3.63) is 29.6 Å². The van der Waals surface area contributed by atoms with Gasteiger partial charge in [0.25, 0.3) is 0 Å². The third-order valence-corrected chi connectivity index (χ3v) is 4.16. The van der Waals surface area contributed by atoms with Crippen molar-refractivity contribution in [2.24, 2.45) is 5.73 Å².